The third-order valence-corrected chi connectivity index (χ3v) is 8.31. The molecule has 1 aliphatic heterocycles. The van der Waals surface area contributed by atoms with Crippen LogP contribution in [0.15, 0.2) is 55.9 Å². The lowest BCUT2D eigenvalue weighted by Gasteiger charge is -2.25. The number of nitrogens with zero attached hydrogens (tertiary/aromatic N) is 2. The maximum atomic E-state index is 14.3. The summed E-state index contributed by atoms with van der Waals surface area (Å²) in [6.07, 6.45) is 1.60. The van der Waals surface area contributed by atoms with E-state index in [0.717, 1.165) is 11.3 Å². The van der Waals surface area contributed by atoms with E-state index in [2.05, 4.69) is 25.7 Å². The molecule has 0 N–H and O–H groups in total. The Hall–Kier alpha value is -4.63. The molecule has 256 valence electrons. The van der Waals surface area contributed by atoms with E-state index >= 15 is 0 Å². The molecule has 13 nitrogen and oxygen atoms in total. The molecular formula is C33H35BrN2O11S. The number of fused-ring (bicyclic) bond motifs is 1. The Balaban J connectivity index is 1.91. The SMILES string of the molecule is CCOC(=O)COc1c(/C=c2/sc3n(c2=O)[C@H](c2ccc(OCC(=O)OC)c(OCC)c2)C(C(=O)OCC)=C(C)N=3)cc(Br)cc1OC. The van der Waals surface area contributed by atoms with E-state index in [1.807, 2.05) is 0 Å². The van der Waals surface area contributed by atoms with Gasteiger partial charge >= 0.3 is 17.9 Å². The normalized spacial score (nSPS) is 14.1. The molecule has 1 atom stereocenters. The molecule has 0 saturated heterocycles. The minimum atomic E-state index is -0.951. The zero-order chi connectivity index (χ0) is 35.0. The molecule has 4 rings (SSSR count). The van der Waals surface area contributed by atoms with Crippen molar-refractivity contribution >= 4 is 51.3 Å². The molecule has 0 spiro atoms. The van der Waals surface area contributed by atoms with Crippen LogP contribution in [0.5, 0.6) is 23.0 Å². The van der Waals surface area contributed by atoms with Gasteiger partial charge in [0.25, 0.3) is 5.56 Å². The second-order valence-electron chi connectivity index (χ2n) is 9.93. The first-order chi connectivity index (χ1) is 23.1. The van der Waals surface area contributed by atoms with E-state index in [9.17, 15) is 19.2 Å². The molecule has 0 bridgehead atoms. The first-order valence-corrected chi connectivity index (χ1v) is 16.5. The molecule has 2 aromatic carbocycles. The summed E-state index contributed by atoms with van der Waals surface area (Å²) in [7, 11) is 2.71. The van der Waals surface area contributed by atoms with Crippen molar-refractivity contribution in [2.24, 2.45) is 4.99 Å². The molecular weight excluding hydrogens is 712 g/mol. The van der Waals surface area contributed by atoms with Crippen LogP contribution in [0.25, 0.3) is 6.08 Å². The van der Waals surface area contributed by atoms with Crippen molar-refractivity contribution in [3.8, 4) is 23.0 Å². The predicted molar refractivity (Wildman–Crippen MR) is 178 cm³/mol. The third-order valence-electron chi connectivity index (χ3n) is 6.87. The number of benzene rings is 2. The topological polar surface area (TPSA) is 150 Å². The van der Waals surface area contributed by atoms with Gasteiger partial charge in [0.2, 0.25) is 0 Å². The fraction of sp³-hybridized carbons (Fsp3) is 0.364. The first kappa shape index (κ1) is 36.2. The number of methoxy groups -OCH3 is 2. The second kappa shape index (κ2) is 16.5. The quantitative estimate of drug-likeness (QED) is 0.176. The van der Waals surface area contributed by atoms with E-state index in [1.165, 1.54) is 18.8 Å². The zero-order valence-corrected chi connectivity index (χ0v) is 29.7. The van der Waals surface area contributed by atoms with Crippen molar-refractivity contribution in [2.75, 3.05) is 47.3 Å². The summed E-state index contributed by atoms with van der Waals surface area (Å²) in [6, 6.07) is 7.36. The molecule has 0 radical (unpaired) electrons. The van der Waals surface area contributed by atoms with Gasteiger partial charge in [-0.3, -0.25) is 9.36 Å². The average Bonchev–Trinajstić information content (AvgIpc) is 3.36. The standard InChI is InChI=1S/C33H35BrN2O11S/c1-7-43-23-13-19(10-11-22(23)46-16-26(37)42-6)29-28(32(40)45-9-3)18(4)35-33-36(29)31(39)25(48-33)14-20-12-21(34)15-24(41-5)30(20)47-17-27(38)44-8-2/h10-15,29H,7-9,16-17H2,1-6H3/b25-14+/t29-/m1/s1. The molecule has 48 heavy (non-hydrogen) atoms. The van der Waals surface area contributed by atoms with E-state index in [4.69, 9.17) is 28.4 Å². The number of rotatable bonds is 14. The number of ether oxygens (including phenoxy) is 7. The number of hydrogen-bond donors (Lipinski definition) is 0. The van der Waals surface area contributed by atoms with Crippen molar-refractivity contribution in [3.63, 3.8) is 0 Å². The van der Waals surface area contributed by atoms with E-state index in [0.29, 0.717) is 37.6 Å². The lowest BCUT2D eigenvalue weighted by atomic mass is 9.95. The van der Waals surface area contributed by atoms with Crippen LogP contribution >= 0.6 is 27.3 Å². The van der Waals surface area contributed by atoms with Gasteiger partial charge in [0.15, 0.2) is 41.0 Å². The summed E-state index contributed by atoms with van der Waals surface area (Å²) in [5.41, 5.74) is 1.05. The number of allylic oxidation sites excluding steroid dienone is 1. The van der Waals surface area contributed by atoms with Crippen LogP contribution in [0.2, 0.25) is 0 Å². The van der Waals surface area contributed by atoms with Gasteiger partial charge in [-0.1, -0.05) is 33.3 Å². The highest BCUT2D eigenvalue weighted by atomic mass is 79.9. The number of aromatic nitrogens is 1. The summed E-state index contributed by atoms with van der Waals surface area (Å²) < 4.78 is 40.2. The van der Waals surface area contributed by atoms with Gasteiger partial charge in [-0.25, -0.2) is 19.4 Å². The van der Waals surface area contributed by atoms with Gasteiger partial charge in [0.1, 0.15) is 0 Å². The Bertz CT molecular complexity index is 1910. The molecule has 0 unspecified atom stereocenters. The van der Waals surface area contributed by atoms with Crippen LogP contribution in [0, 0.1) is 0 Å². The van der Waals surface area contributed by atoms with Crippen LogP contribution < -0.4 is 33.8 Å². The number of thiazole rings is 1. The van der Waals surface area contributed by atoms with Gasteiger partial charge in [0, 0.05) is 10.0 Å². The summed E-state index contributed by atoms with van der Waals surface area (Å²) in [5.74, 6) is -0.655. The minimum Gasteiger partial charge on any atom is -0.493 e. The van der Waals surface area contributed by atoms with Crippen molar-refractivity contribution in [2.45, 2.75) is 33.7 Å². The van der Waals surface area contributed by atoms with Crippen LogP contribution in [-0.4, -0.2) is 69.7 Å². The summed E-state index contributed by atoms with van der Waals surface area (Å²) in [6.45, 7) is 6.69. The maximum Gasteiger partial charge on any atom is 0.344 e. The largest absolute Gasteiger partial charge is 0.493 e. The second-order valence-corrected chi connectivity index (χ2v) is 11.9. The van der Waals surface area contributed by atoms with Crippen LogP contribution in [-0.2, 0) is 28.6 Å². The van der Waals surface area contributed by atoms with Gasteiger partial charge < -0.3 is 33.2 Å². The minimum absolute atomic E-state index is 0.108. The predicted octanol–water partition coefficient (Wildman–Crippen LogP) is 3.46. The highest BCUT2D eigenvalue weighted by Gasteiger charge is 2.34. The Kier molecular flexibility index (Phi) is 12.4. The average molecular weight is 748 g/mol. The molecule has 2 heterocycles. The number of esters is 3. The molecule has 3 aromatic rings. The van der Waals surface area contributed by atoms with Gasteiger partial charge in [-0.2, -0.15) is 0 Å². The Morgan fingerprint density at radius 3 is 2.31 bits per heavy atom. The number of carbonyl (C=O) groups is 3. The monoisotopic (exact) mass is 746 g/mol. The fourth-order valence-corrected chi connectivity index (χ4v) is 6.35. The third kappa shape index (κ3) is 8.08. The lowest BCUT2D eigenvalue weighted by Crippen LogP contribution is -2.40. The van der Waals surface area contributed by atoms with Crippen molar-refractivity contribution in [3.05, 3.63) is 76.9 Å². The summed E-state index contributed by atoms with van der Waals surface area (Å²) in [4.78, 5) is 56.4. The van der Waals surface area contributed by atoms with Gasteiger partial charge in [-0.05, 0) is 63.6 Å². The molecule has 1 aliphatic rings. The van der Waals surface area contributed by atoms with Crippen LogP contribution in [0.4, 0.5) is 0 Å². The van der Waals surface area contributed by atoms with E-state index in [1.54, 1.807) is 64.1 Å². The number of hydrogen-bond acceptors (Lipinski definition) is 13. The van der Waals surface area contributed by atoms with Crippen molar-refractivity contribution in [1.82, 2.24) is 4.57 Å². The molecule has 0 amide bonds. The fourth-order valence-electron chi connectivity index (χ4n) is 4.86. The van der Waals surface area contributed by atoms with Gasteiger partial charge in [0.05, 0.1) is 55.9 Å². The van der Waals surface area contributed by atoms with Crippen molar-refractivity contribution in [1.29, 1.82) is 0 Å². The summed E-state index contributed by atoms with van der Waals surface area (Å²) in [5, 5.41) is 0. The van der Waals surface area contributed by atoms with Crippen LogP contribution in [0.1, 0.15) is 44.9 Å². The van der Waals surface area contributed by atoms with Gasteiger partial charge in [-0.15, -0.1) is 0 Å². The lowest BCUT2D eigenvalue weighted by molar-refractivity contribution is -0.145. The summed E-state index contributed by atoms with van der Waals surface area (Å²) >= 11 is 4.57. The smallest absolute Gasteiger partial charge is 0.344 e. The molecule has 15 heteroatoms. The highest BCUT2D eigenvalue weighted by Crippen LogP contribution is 2.37. The molecule has 0 aliphatic carbocycles. The molecule has 1 aromatic heterocycles. The maximum absolute atomic E-state index is 14.3. The Labute approximate surface area is 288 Å². The first-order valence-electron chi connectivity index (χ1n) is 14.9. The van der Waals surface area contributed by atoms with E-state index in [-0.39, 0.29) is 54.6 Å². The number of halogens is 1. The van der Waals surface area contributed by atoms with Crippen LogP contribution in [0.3, 0.4) is 0 Å². The Morgan fingerprint density at radius 2 is 1.65 bits per heavy atom. The zero-order valence-electron chi connectivity index (χ0n) is 27.2. The molecule has 0 fully saturated rings. The number of carbonyl (C=O) groups excluding carboxylic acids is 3. The van der Waals surface area contributed by atoms with Crippen molar-refractivity contribution < 1.29 is 47.5 Å². The molecule has 0 saturated carbocycles. The van der Waals surface area contributed by atoms with E-state index < -0.39 is 29.5 Å². The highest BCUT2D eigenvalue weighted by molar-refractivity contribution is 9.10. The Morgan fingerprint density at radius 1 is 0.917 bits per heavy atom.